The number of fused-ring (bicyclic) bond motifs is 3. The summed E-state index contributed by atoms with van der Waals surface area (Å²) in [5.41, 5.74) is 16.1. The van der Waals surface area contributed by atoms with Crippen LogP contribution in [-0.4, -0.2) is 70.3 Å². The van der Waals surface area contributed by atoms with Crippen LogP contribution in [0.2, 0.25) is 0 Å². The lowest BCUT2D eigenvalue weighted by Crippen LogP contribution is -2.85. The Morgan fingerprint density at radius 1 is 1.05 bits per heavy atom. The number of Topliss-reactive ketones (excluding diaryl/α,β-unsaturated/α-hetero) is 4. The molecule has 0 aromatic heterocycles. The van der Waals surface area contributed by atoms with Gasteiger partial charge in [0.15, 0.2) is 34.5 Å². The van der Waals surface area contributed by atoms with Crippen LogP contribution in [0, 0.1) is 42.4 Å². The smallest absolute Gasteiger partial charge is 0.235 e. The first-order valence-corrected chi connectivity index (χ1v) is 13.1. The molecule has 7 N–H and O–H groups in total. The van der Waals surface area contributed by atoms with Gasteiger partial charge in [0.25, 0.3) is 0 Å². The number of carbonyl (C=O) groups excluding carboxylic acids is 5. The van der Waals surface area contributed by atoms with Crippen molar-refractivity contribution in [1.82, 2.24) is 4.90 Å². The van der Waals surface area contributed by atoms with Crippen LogP contribution < -0.4 is 17.2 Å². The van der Waals surface area contributed by atoms with E-state index in [0.717, 1.165) is 16.7 Å². The predicted molar refractivity (Wildman–Crippen MR) is 146 cm³/mol. The number of carbonyl (C=O) groups is 5. The van der Waals surface area contributed by atoms with Gasteiger partial charge in [0.05, 0.1) is 23.2 Å². The first-order valence-electron chi connectivity index (χ1n) is 13.1. The minimum atomic E-state index is -2.77. The number of hydrogen-bond donors (Lipinski definition) is 4. The Bertz CT molecular complexity index is 1620. The van der Waals surface area contributed by atoms with Crippen molar-refractivity contribution in [1.29, 1.82) is 5.26 Å². The number of nitriles is 1. The number of amides is 1. The standard InChI is InChI=1S/C30H31N5O6/c1-13-7-14(2)9-15(8-13)16-5-6-18(36)19-17(16)10-28(33)11-30(34)24(35(3)4)23(38)20(27(32)41)25(39)29(30,12-31)26(40)21(28)22(19)37/h5-9,20-21,24,36H,10-11,33-34H2,1-4H3,(H2,32,41)/t20?,21?,24-,28-,29+,30-/m1/s1. The first kappa shape index (κ1) is 28.3. The van der Waals surface area contributed by atoms with Gasteiger partial charge in [0.1, 0.15) is 11.7 Å². The van der Waals surface area contributed by atoms with Crippen molar-refractivity contribution in [2.75, 3.05) is 14.1 Å². The van der Waals surface area contributed by atoms with Crippen LogP contribution in [-0.2, 0) is 25.6 Å². The van der Waals surface area contributed by atoms with Crippen LogP contribution in [0.3, 0.4) is 0 Å². The predicted octanol–water partition coefficient (Wildman–Crippen LogP) is 0.0923. The van der Waals surface area contributed by atoms with Crippen molar-refractivity contribution in [2.24, 2.45) is 34.5 Å². The molecule has 0 bridgehead atoms. The number of benzene rings is 2. The molecule has 2 aromatic rings. The molecule has 3 aliphatic carbocycles. The summed E-state index contributed by atoms with van der Waals surface area (Å²) in [7, 11) is 2.93. The minimum absolute atomic E-state index is 0.122. The zero-order valence-corrected chi connectivity index (χ0v) is 23.1. The molecule has 11 heteroatoms. The molecule has 11 nitrogen and oxygen atoms in total. The Kier molecular flexibility index (Phi) is 6.13. The molecule has 0 radical (unpaired) electrons. The zero-order chi connectivity index (χ0) is 30.4. The van der Waals surface area contributed by atoms with E-state index in [0.29, 0.717) is 11.1 Å². The van der Waals surface area contributed by atoms with Crippen molar-refractivity contribution in [3.63, 3.8) is 0 Å². The topological polar surface area (TPSA) is 211 Å². The van der Waals surface area contributed by atoms with E-state index in [9.17, 15) is 34.3 Å². The fourth-order valence-electron chi connectivity index (χ4n) is 7.61. The summed E-state index contributed by atoms with van der Waals surface area (Å²) >= 11 is 0. The Morgan fingerprint density at radius 2 is 1.66 bits per heavy atom. The molecule has 6 atom stereocenters. The van der Waals surface area contributed by atoms with Gasteiger partial charge in [-0.05, 0) is 63.5 Å². The van der Waals surface area contributed by atoms with Crippen LogP contribution in [0.4, 0.5) is 0 Å². The number of likely N-dealkylation sites (N-methyl/N-ethyl adjacent to an activating group) is 1. The molecule has 41 heavy (non-hydrogen) atoms. The van der Waals surface area contributed by atoms with Gasteiger partial charge < -0.3 is 22.3 Å². The molecule has 0 aliphatic heterocycles. The third-order valence-electron chi connectivity index (χ3n) is 9.01. The van der Waals surface area contributed by atoms with Gasteiger partial charge in [0, 0.05) is 5.54 Å². The number of nitrogens with zero attached hydrogens (tertiary/aromatic N) is 2. The van der Waals surface area contributed by atoms with E-state index in [1.807, 2.05) is 32.0 Å². The zero-order valence-electron chi connectivity index (χ0n) is 23.1. The van der Waals surface area contributed by atoms with Crippen molar-refractivity contribution >= 4 is 29.0 Å². The minimum Gasteiger partial charge on any atom is -0.507 e. The van der Waals surface area contributed by atoms with E-state index < -0.39 is 69.8 Å². The van der Waals surface area contributed by atoms with Gasteiger partial charge in [-0.2, -0.15) is 5.26 Å². The number of phenols is 1. The summed E-state index contributed by atoms with van der Waals surface area (Å²) in [6.07, 6.45) is -0.577. The van der Waals surface area contributed by atoms with Crippen molar-refractivity contribution in [3.05, 3.63) is 52.6 Å². The lowest BCUT2D eigenvalue weighted by molar-refractivity contribution is -0.166. The van der Waals surface area contributed by atoms with E-state index >= 15 is 0 Å². The quantitative estimate of drug-likeness (QED) is 0.374. The van der Waals surface area contributed by atoms with Crippen LogP contribution in [0.25, 0.3) is 11.1 Å². The number of hydrogen-bond acceptors (Lipinski definition) is 10. The molecule has 3 aliphatic rings. The maximum atomic E-state index is 14.4. The first-order chi connectivity index (χ1) is 19.1. The summed E-state index contributed by atoms with van der Waals surface area (Å²) in [6.45, 7) is 3.85. The molecule has 212 valence electrons. The number of aromatic hydroxyl groups is 1. The summed E-state index contributed by atoms with van der Waals surface area (Å²) in [6, 6.07) is 9.09. The van der Waals surface area contributed by atoms with E-state index in [1.165, 1.54) is 25.1 Å². The van der Waals surface area contributed by atoms with Crippen molar-refractivity contribution < 1.29 is 29.1 Å². The molecular formula is C30H31N5O6. The molecule has 0 saturated heterocycles. The maximum Gasteiger partial charge on any atom is 0.235 e. The summed E-state index contributed by atoms with van der Waals surface area (Å²) in [5, 5.41) is 21.3. The Morgan fingerprint density at radius 3 is 2.20 bits per heavy atom. The molecule has 1 amide bonds. The van der Waals surface area contributed by atoms with Gasteiger partial charge >= 0.3 is 0 Å². The highest BCUT2D eigenvalue weighted by molar-refractivity contribution is 6.33. The van der Waals surface area contributed by atoms with Crippen LogP contribution in [0.1, 0.15) is 33.5 Å². The second kappa shape index (κ2) is 8.88. The average Bonchev–Trinajstić information content (AvgIpc) is 2.82. The Balaban J connectivity index is 1.79. The summed E-state index contributed by atoms with van der Waals surface area (Å²) < 4.78 is 0. The number of primary amides is 1. The fourth-order valence-corrected chi connectivity index (χ4v) is 7.61. The molecule has 2 unspecified atom stereocenters. The fraction of sp³-hybridized carbons (Fsp3) is 0.400. The van der Waals surface area contributed by atoms with Crippen LogP contribution >= 0.6 is 0 Å². The molecule has 2 aromatic carbocycles. The highest BCUT2D eigenvalue weighted by Gasteiger charge is 2.78. The van der Waals surface area contributed by atoms with Gasteiger partial charge in [-0.1, -0.05) is 35.4 Å². The summed E-state index contributed by atoms with van der Waals surface area (Å²) in [4.78, 5) is 69.5. The monoisotopic (exact) mass is 557 g/mol. The largest absolute Gasteiger partial charge is 0.507 e. The number of ketones is 4. The Labute approximate surface area is 236 Å². The van der Waals surface area contributed by atoms with E-state index in [1.54, 1.807) is 12.1 Å². The average molecular weight is 558 g/mol. The van der Waals surface area contributed by atoms with Gasteiger partial charge in [-0.3, -0.25) is 28.9 Å². The molecule has 0 spiro atoms. The number of phenolic OH excluding ortho intramolecular Hbond substituents is 1. The molecular weight excluding hydrogens is 526 g/mol. The van der Waals surface area contributed by atoms with Crippen LogP contribution in [0.15, 0.2) is 30.3 Å². The lowest BCUT2D eigenvalue weighted by Gasteiger charge is -2.60. The molecule has 0 heterocycles. The van der Waals surface area contributed by atoms with E-state index in [-0.39, 0.29) is 17.7 Å². The number of rotatable bonds is 3. The molecule has 2 fully saturated rings. The van der Waals surface area contributed by atoms with Crippen molar-refractivity contribution in [3.8, 4) is 22.9 Å². The second-order valence-electron chi connectivity index (χ2n) is 12.0. The van der Waals surface area contributed by atoms with Crippen LogP contribution in [0.5, 0.6) is 5.75 Å². The highest BCUT2D eigenvalue weighted by Crippen LogP contribution is 2.57. The number of nitrogens with two attached hydrogens (primary N) is 3. The third kappa shape index (κ3) is 3.51. The second-order valence-corrected chi connectivity index (χ2v) is 12.0. The molecule has 5 rings (SSSR count). The highest BCUT2D eigenvalue weighted by atomic mass is 16.3. The third-order valence-corrected chi connectivity index (χ3v) is 9.01. The van der Waals surface area contributed by atoms with Gasteiger partial charge in [0.2, 0.25) is 5.91 Å². The SMILES string of the molecule is Cc1cc(C)cc(-c2ccc(O)c3c2C[C@@]2(N)C[C@@]4(N)[C@H](N(C)C)C(=O)C(C(N)=O)C(=O)[C@@]4(C#N)C(=O)C2C3=O)c1. The lowest BCUT2D eigenvalue weighted by atomic mass is 9.42. The normalized spacial score (nSPS) is 32.7. The van der Waals surface area contributed by atoms with Crippen molar-refractivity contribution in [2.45, 2.75) is 43.8 Å². The van der Waals surface area contributed by atoms with E-state index in [4.69, 9.17) is 17.2 Å². The van der Waals surface area contributed by atoms with Gasteiger partial charge in [-0.25, -0.2) is 0 Å². The molecule has 2 saturated carbocycles. The maximum absolute atomic E-state index is 14.4. The van der Waals surface area contributed by atoms with E-state index in [2.05, 4.69) is 0 Å². The van der Waals surface area contributed by atoms with Gasteiger partial charge in [-0.15, -0.1) is 0 Å². The number of aryl methyl sites for hydroxylation is 2. The Hall–Kier alpha value is -4.24. The summed E-state index contributed by atoms with van der Waals surface area (Å²) in [5.74, 6) is -9.90.